The molecule has 0 radical (unpaired) electrons. The Morgan fingerprint density at radius 2 is 2.05 bits per heavy atom. The fraction of sp³-hybridized carbons (Fsp3) is 0.600. The van der Waals surface area contributed by atoms with Gasteiger partial charge in [-0.25, -0.2) is 0 Å². The van der Waals surface area contributed by atoms with Crippen LogP contribution in [-0.4, -0.2) is 41.7 Å². The number of hydrogen-bond acceptors (Lipinski definition) is 5. The zero-order valence-electron chi connectivity index (χ0n) is 12.8. The summed E-state index contributed by atoms with van der Waals surface area (Å²) in [5.74, 6) is 0. The third-order valence-corrected chi connectivity index (χ3v) is 3.56. The van der Waals surface area contributed by atoms with Crippen LogP contribution in [0, 0.1) is 10.1 Å². The lowest BCUT2D eigenvalue weighted by Crippen LogP contribution is -2.44. The minimum absolute atomic E-state index is 0.140. The van der Waals surface area contributed by atoms with Crippen LogP contribution in [0.25, 0.3) is 0 Å². The molecule has 0 amide bonds. The Labute approximate surface area is 125 Å². The number of ether oxygens (including phenoxy) is 1. The van der Waals surface area contributed by atoms with Gasteiger partial charge in [-0.05, 0) is 32.4 Å². The summed E-state index contributed by atoms with van der Waals surface area (Å²) >= 11 is 0. The molecule has 0 spiro atoms. The monoisotopic (exact) mass is 293 g/mol. The lowest BCUT2D eigenvalue weighted by atomic mass is 10.1. The maximum Gasteiger partial charge on any atom is 0.269 e. The molecule has 1 fully saturated rings. The number of anilines is 1. The minimum atomic E-state index is -0.343. The van der Waals surface area contributed by atoms with E-state index >= 15 is 0 Å². The Balaban J connectivity index is 2.19. The number of nitrogens with zero attached hydrogens (tertiary/aromatic N) is 2. The van der Waals surface area contributed by atoms with Gasteiger partial charge >= 0.3 is 0 Å². The number of hydrogen-bond donors (Lipinski definition) is 1. The van der Waals surface area contributed by atoms with E-state index in [1.165, 1.54) is 0 Å². The van der Waals surface area contributed by atoms with Crippen molar-refractivity contribution in [1.29, 1.82) is 0 Å². The molecular formula is C15H23N3O3. The van der Waals surface area contributed by atoms with E-state index < -0.39 is 0 Å². The van der Waals surface area contributed by atoms with Gasteiger partial charge in [0.2, 0.25) is 0 Å². The van der Waals surface area contributed by atoms with Crippen LogP contribution in [0.5, 0.6) is 0 Å². The molecule has 1 saturated heterocycles. The SMILES string of the molecule is CCNc1ccc([N+](=O)[O-])cc1CN1CC(C)OC(C)C1. The molecule has 0 saturated carbocycles. The average molecular weight is 293 g/mol. The van der Waals surface area contributed by atoms with Gasteiger partial charge in [0.05, 0.1) is 17.1 Å². The lowest BCUT2D eigenvalue weighted by Gasteiger charge is -2.35. The van der Waals surface area contributed by atoms with Crippen LogP contribution in [0.4, 0.5) is 11.4 Å². The third kappa shape index (κ3) is 4.15. The van der Waals surface area contributed by atoms with Crippen molar-refractivity contribution in [3.05, 3.63) is 33.9 Å². The van der Waals surface area contributed by atoms with Crippen LogP contribution in [0.3, 0.4) is 0 Å². The van der Waals surface area contributed by atoms with Crippen LogP contribution in [0.15, 0.2) is 18.2 Å². The number of nitro benzene ring substituents is 1. The molecule has 1 heterocycles. The zero-order valence-corrected chi connectivity index (χ0v) is 12.8. The van der Waals surface area contributed by atoms with E-state index in [0.29, 0.717) is 6.54 Å². The molecule has 1 N–H and O–H groups in total. The van der Waals surface area contributed by atoms with Crippen molar-refractivity contribution in [2.45, 2.75) is 39.5 Å². The molecule has 1 aromatic carbocycles. The van der Waals surface area contributed by atoms with E-state index in [2.05, 4.69) is 24.1 Å². The summed E-state index contributed by atoms with van der Waals surface area (Å²) in [7, 11) is 0. The fourth-order valence-electron chi connectivity index (χ4n) is 2.84. The first-order chi connectivity index (χ1) is 9.99. The number of nitrogens with one attached hydrogen (secondary N) is 1. The molecule has 0 aliphatic carbocycles. The Hall–Kier alpha value is -1.66. The molecule has 2 unspecified atom stereocenters. The van der Waals surface area contributed by atoms with Crippen molar-refractivity contribution in [2.75, 3.05) is 25.0 Å². The summed E-state index contributed by atoms with van der Waals surface area (Å²) in [5.41, 5.74) is 2.07. The van der Waals surface area contributed by atoms with Crippen molar-refractivity contribution in [3.8, 4) is 0 Å². The summed E-state index contributed by atoms with van der Waals surface area (Å²) in [5, 5.41) is 14.2. The summed E-state index contributed by atoms with van der Waals surface area (Å²) in [4.78, 5) is 12.9. The average Bonchev–Trinajstić information content (AvgIpc) is 2.39. The molecule has 1 aliphatic heterocycles. The number of morpholine rings is 1. The summed E-state index contributed by atoms with van der Waals surface area (Å²) in [6.45, 7) is 9.31. The van der Waals surface area contributed by atoms with Crippen molar-refractivity contribution < 1.29 is 9.66 Å². The van der Waals surface area contributed by atoms with Crippen LogP contribution < -0.4 is 5.32 Å². The highest BCUT2D eigenvalue weighted by Gasteiger charge is 2.23. The number of benzene rings is 1. The molecule has 6 nitrogen and oxygen atoms in total. The van der Waals surface area contributed by atoms with Gasteiger partial charge in [0.15, 0.2) is 0 Å². The first-order valence-electron chi connectivity index (χ1n) is 7.38. The molecule has 2 atom stereocenters. The van der Waals surface area contributed by atoms with E-state index in [1.807, 2.05) is 6.92 Å². The molecule has 0 bridgehead atoms. The second-order valence-corrected chi connectivity index (χ2v) is 5.58. The molecule has 6 heteroatoms. The number of nitro groups is 1. The molecule has 21 heavy (non-hydrogen) atoms. The summed E-state index contributed by atoms with van der Waals surface area (Å²) in [6.07, 6.45) is 0.380. The smallest absolute Gasteiger partial charge is 0.269 e. The highest BCUT2D eigenvalue weighted by Crippen LogP contribution is 2.25. The van der Waals surface area contributed by atoms with E-state index in [4.69, 9.17) is 4.74 Å². The van der Waals surface area contributed by atoms with Crippen molar-refractivity contribution in [2.24, 2.45) is 0 Å². The second kappa shape index (κ2) is 6.87. The maximum atomic E-state index is 11.0. The van der Waals surface area contributed by atoms with Gasteiger partial charge in [-0.1, -0.05) is 0 Å². The van der Waals surface area contributed by atoms with Gasteiger partial charge in [0.25, 0.3) is 5.69 Å². The first kappa shape index (κ1) is 15.7. The van der Waals surface area contributed by atoms with Crippen LogP contribution in [-0.2, 0) is 11.3 Å². The van der Waals surface area contributed by atoms with Crippen LogP contribution in [0.2, 0.25) is 0 Å². The van der Waals surface area contributed by atoms with E-state index in [-0.39, 0.29) is 22.8 Å². The normalized spacial score (nSPS) is 23.0. The number of rotatable bonds is 5. The van der Waals surface area contributed by atoms with Gasteiger partial charge in [-0.15, -0.1) is 0 Å². The van der Waals surface area contributed by atoms with Crippen molar-refractivity contribution in [3.63, 3.8) is 0 Å². The Morgan fingerprint density at radius 3 is 2.62 bits per heavy atom. The van der Waals surface area contributed by atoms with Crippen molar-refractivity contribution in [1.82, 2.24) is 4.90 Å². The van der Waals surface area contributed by atoms with Crippen LogP contribution in [0.1, 0.15) is 26.3 Å². The highest BCUT2D eigenvalue weighted by atomic mass is 16.6. The lowest BCUT2D eigenvalue weighted by molar-refractivity contribution is -0.384. The predicted octanol–water partition coefficient (Wildman–Crippen LogP) is 2.64. The van der Waals surface area contributed by atoms with E-state index in [0.717, 1.165) is 30.9 Å². The van der Waals surface area contributed by atoms with Gasteiger partial charge in [0.1, 0.15) is 0 Å². The highest BCUT2D eigenvalue weighted by molar-refractivity contribution is 5.56. The maximum absolute atomic E-state index is 11.0. The van der Waals surface area contributed by atoms with E-state index in [1.54, 1.807) is 18.2 Å². The first-order valence-corrected chi connectivity index (χ1v) is 7.38. The second-order valence-electron chi connectivity index (χ2n) is 5.58. The number of non-ortho nitro benzene ring substituents is 1. The molecule has 116 valence electrons. The predicted molar refractivity (Wildman–Crippen MR) is 82.5 cm³/mol. The molecule has 1 aromatic rings. The van der Waals surface area contributed by atoms with Crippen molar-refractivity contribution >= 4 is 11.4 Å². The zero-order chi connectivity index (χ0) is 15.4. The van der Waals surface area contributed by atoms with Gasteiger partial charge in [-0.3, -0.25) is 15.0 Å². The van der Waals surface area contributed by atoms with E-state index in [9.17, 15) is 10.1 Å². The topological polar surface area (TPSA) is 67.6 Å². The standard InChI is InChI=1S/C15H23N3O3/c1-4-16-15-6-5-14(18(19)20)7-13(15)10-17-8-11(2)21-12(3)9-17/h5-7,11-12,16H,4,8-10H2,1-3H3. The quantitative estimate of drug-likeness (QED) is 0.667. The third-order valence-electron chi connectivity index (χ3n) is 3.56. The largest absolute Gasteiger partial charge is 0.385 e. The Kier molecular flexibility index (Phi) is 5.14. The minimum Gasteiger partial charge on any atom is -0.385 e. The van der Waals surface area contributed by atoms with Crippen LogP contribution >= 0.6 is 0 Å². The Bertz CT molecular complexity index is 497. The Morgan fingerprint density at radius 1 is 1.38 bits per heavy atom. The van der Waals surface area contributed by atoms with Gasteiger partial charge < -0.3 is 10.1 Å². The molecule has 0 aromatic heterocycles. The fourth-order valence-corrected chi connectivity index (χ4v) is 2.84. The summed E-state index contributed by atoms with van der Waals surface area (Å²) < 4.78 is 5.73. The molecule has 2 rings (SSSR count). The summed E-state index contributed by atoms with van der Waals surface area (Å²) in [6, 6.07) is 5.01. The van der Waals surface area contributed by atoms with Gasteiger partial charge in [-0.2, -0.15) is 0 Å². The molecular weight excluding hydrogens is 270 g/mol. The molecule has 1 aliphatic rings. The van der Waals surface area contributed by atoms with Gasteiger partial charge in [0, 0.05) is 44.0 Å².